The minimum absolute atomic E-state index is 0.0564. The number of aryl methyl sites for hydroxylation is 2. The molecule has 2 aliphatic rings. The third-order valence-electron chi connectivity index (χ3n) is 7.76. The molecule has 4 heterocycles. The predicted octanol–water partition coefficient (Wildman–Crippen LogP) is 3.57. The summed E-state index contributed by atoms with van der Waals surface area (Å²) in [4.78, 5) is 11.5. The maximum atomic E-state index is 13.4. The number of aromatic nitrogens is 3. The van der Waals surface area contributed by atoms with Crippen molar-refractivity contribution in [1.82, 2.24) is 18.2 Å². The van der Waals surface area contributed by atoms with E-state index in [4.69, 9.17) is 0 Å². The van der Waals surface area contributed by atoms with Crippen LogP contribution in [0, 0.1) is 19.8 Å². The normalized spacial score (nSPS) is 20.6. The fourth-order valence-electron chi connectivity index (χ4n) is 5.61. The van der Waals surface area contributed by atoms with Crippen LogP contribution in [0.1, 0.15) is 24.0 Å². The molecule has 0 N–H and O–H groups in total. The standard InChI is InChI=1S/C27H29N5O4S2/c1-19-3-7-22(8-4-19)37(33,34)30-14-11-21-12-15-31(25(21)17-30)26-24-13-16-32(27(24)29-18-28-26)38(35,36)23-9-5-20(2)6-10-23/h3-10,13,16,18,21,25H,11-12,14-15,17H2,1-2H3/t21-,25+/m1/s1. The lowest BCUT2D eigenvalue weighted by Crippen LogP contribution is -2.50. The summed E-state index contributed by atoms with van der Waals surface area (Å²) in [5, 5.41) is 0.627. The summed E-state index contributed by atoms with van der Waals surface area (Å²) in [6.45, 7) is 5.39. The van der Waals surface area contributed by atoms with Crippen LogP contribution < -0.4 is 4.90 Å². The van der Waals surface area contributed by atoms with E-state index in [1.165, 1.54) is 16.5 Å². The minimum atomic E-state index is -3.84. The SMILES string of the molecule is Cc1ccc(S(=O)(=O)N2CC[C@@H]3CCN(c4ncnc5c4ccn5S(=O)(=O)c4ccc(C)cc4)[C@H]3C2)cc1. The van der Waals surface area contributed by atoms with Gasteiger partial charge in [-0.3, -0.25) is 0 Å². The molecule has 0 bridgehead atoms. The third-order valence-corrected chi connectivity index (χ3v) is 11.3. The first kappa shape index (κ1) is 25.0. The minimum Gasteiger partial charge on any atom is -0.351 e. The van der Waals surface area contributed by atoms with Gasteiger partial charge in [-0.2, -0.15) is 4.31 Å². The summed E-state index contributed by atoms with van der Waals surface area (Å²) in [6, 6.07) is 15.3. The smallest absolute Gasteiger partial charge is 0.269 e. The van der Waals surface area contributed by atoms with Crippen molar-refractivity contribution in [2.75, 3.05) is 24.5 Å². The van der Waals surface area contributed by atoms with Crippen LogP contribution in [0.25, 0.3) is 11.0 Å². The monoisotopic (exact) mass is 551 g/mol. The van der Waals surface area contributed by atoms with Crippen molar-refractivity contribution in [3.05, 3.63) is 78.2 Å². The first-order chi connectivity index (χ1) is 18.2. The Balaban J connectivity index is 1.34. The topological polar surface area (TPSA) is 105 Å². The molecule has 0 spiro atoms. The summed E-state index contributed by atoms with van der Waals surface area (Å²) in [7, 11) is -7.47. The third kappa shape index (κ3) is 4.09. The maximum Gasteiger partial charge on any atom is 0.269 e. The zero-order valence-corrected chi connectivity index (χ0v) is 22.9. The van der Waals surface area contributed by atoms with Gasteiger partial charge in [0.2, 0.25) is 10.0 Å². The molecule has 2 fully saturated rings. The largest absolute Gasteiger partial charge is 0.351 e. The van der Waals surface area contributed by atoms with E-state index in [1.807, 2.05) is 26.0 Å². The second-order valence-electron chi connectivity index (χ2n) is 10.1. The molecule has 0 saturated carbocycles. The van der Waals surface area contributed by atoms with Crippen molar-refractivity contribution in [2.24, 2.45) is 5.92 Å². The number of hydrogen-bond donors (Lipinski definition) is 0. The Morgan fingerprint density at radius 1 is 0.763 bits per heavy atom. The fraction of sp³-hybridized carbons (Fsp3) is 0.333. The molecule has 2 atom stereocenters. The molecule has 9 nitrogen and oxygen atoms in total. The van der Waals surface area contributed by atoms with Crippen molar-refractivity contribution in [2.45, 2.75) is 42.5 Å². The first-order valence-electron chi connectivity index (χ1n) is 12.6. The Bertz CT molecular complexity index is 1720. The first-order valence-corrected chi connectivity index (χ1v) is 15.5. The summed E-state index contributed by atoms with van der Waals surface area (Å²) >= 11 is 0. The number of anilines is 1. The lowest BCUT2D eigenvalue weighted by Gasteiger charge is -2.38. The molecule has 2 aromatic heterocycles. The van der Waals surface area contributed by atoms with Crippen LogP contribution in [0.2, 0.25) is 0 Å². The van der Waals surface area contributed by atoms with Gasteiger partial charge in [0.15, 0.2) is 5.65 Å². The van der Waals surface area contributed by atoms with E-state index < -0.39 is 20.0 Å². The van der Waals surface area contributed by atoms with Crippen LogP contribution in [-0.4, -0.2) is 60.8 Å². The molecular weight excluding hydrogens is 522 g/mol. The number of nitrogens with zero attached hydrogens (tertiary/aromatic N) is 5. The highest BCUT2D eigenvalue weighted by molar-refractivity contribution is 7.90. The fourth-order valence-corrected chi connectivity index (χ4v) is 8.39. The van der Waals surface area contributed by atoms with E-state index in [9.17, 15) is 16.8 Å². The van der Waals surface area contributed by atoms with E-state index in [0.29, 0.717) is 40.8 Å². The Labute approximate surface area is 222 Å². The van der Waals surface area contributed by atoms with Crippen LogP contribution in [-0.2, 0) is 20.0 Å². The summed E-state index contributed by atoms with van der Waals surface area (Å²) in [5.74, 6) is 0.970. The number of piperidine rings is 1. The van der Waals surface area contributed by atoms with Crippen molar-refractivity contribution >= 4 is 36.9 Å². The molecule has 198 valence electrons. The lowest BCUT2D eigenvalue weighted by atomic mass is 9.93. The zero-order valence-electron chi connectivity index (χ0n) is 21.2. The van der Waals surface area contributed by atoms with Crippen LogP contribution in [0.3, 0.4) is 0 Å². The van der Waals surface area contributed by atoms with Gasteiger partial charge in [0.25, 0.3) is 10.0 Å². The second-order valence-corrected chi connectivity index (χ2v) is 13.9. The summed E-state index contributed by atoms with van der Waals surface area (Å²) in [5.41, 5.74) is 2.29. The molecule has 0 unspecified atom stereocenters. The zero-order chi connectivity index (χ0) is 26.7. The van der Waals surface area contributed by atoms with E-state index in [2.05, 4.69) is 14.9 Å². The van der Waals surface area contributed by atoms with Crippen LogP contribution >= 0.6 is 0 Å². The van der Waals surface area contributed by atoms with Crippen LogP contribution in [0.5, 0.6) is 0 Å². The molecule has 0 amide bonds. The number of fused-ring (bicyclic) bond motifs is 2. The average Bonchev–Trinajstić information content (AvgIpc) is 3.54. The highest BCUT2D eigenvalue weighted by atomic mass is 32.2. The molecule has 2 aromatic carbocycles. The highest BCUT2D eigenvalue weighted by Crippen LogP contribution is 2.38. The quantitative estimate of drug-likeness (QED) is 0.373. The Morgan fingerprint density at radius 2 is 1.37 bits per heavy atom. The van der Waals surface area contributed by atoms with Crippen molar-refractivity contribution < 1.29 is 16.8 Å². The van der Waals surface area contributed by atoms with Crippen molar-refractivity contribution in [3.63, 3.8) is 0 Å². The van der Waals surface area contributed by atoms with E-state index in [1.54, 1.807) is 46.8 Å². The van der Waals surface area contributed by atoms with Gasteiger partial charge in [-0.1, -0.05) is 35.4 Å². The number of hydrogen-bond acceptors (Lipinski definition) is 7. The van der Waals surface area contributed by atoms with Crippen LogP contribution in [0.4, 0.5) is 5.82 Å². The molecule has 4 aromatic rings. The molecule has 11 heteroatoms. The van der Waals surface area contributed by atoms with Gasteiger partial charge in [0.1, 0.15) is 12.1 Å². The number of rotatable bonds is 5. The Kier molecular flexibility index (Phi) is 6.04. The molecule has 2 aliphatic heterocycles. The van der Waals surface area contributed by atoms with E-state index >= 15 is 0 Å². The van der Waals surface area contributed by atoms with Crippen LogP contribution in [0.15, 0.2) is 76.9 Å². The van der Waals surface area contributed by atoms with E-state index in [0.717, 1.165) is 30.5 Å². The molecule has 2 saturated heterocycles. The lowest BCUT2D eigenvalue weighted by molar-refractivity contribution is 0.260. The molecule has 38 heavy (non-hydrogen) atoms. The molecule has 0 aliphatic carbocycles. The number of sulfonamides is 1. The van der Waals surface area contributed by atoms with Gasteiger partial charge in [-0.05, 0) is 62.9 Å². The number of benzene rings is 2. The van der Waals surface area contributed by atoms with Crippen molar-refractivity contribution in [3.8, 4) is 0 Å². The molecular formula is C27H29N5O4S2. The average molecular weight is 552 g/mol. The molecule has 6 rings (SSSR count). The van der Waals surface area contributed by atoms with Crippen molar-refractivity contribution in [1.29, 1.82) is 0 Å². The molecule has 0 radical (unpaired) electrons. The van der Waals surface area contributed by atoms with Gasteiger partial charge < -0.3 is 4.90 Å². The Hall–Kier alpha value is -3.28. The Morgan fingerprint density at radius 3 is 2.03 bits per heavy atom. The van der Waals surface area contributed by atoms with Gasteiger partial charge >= 0.3 is 0 Å². The second kappa shape index (κ2) is 9.18. The summed E-state index contributed by atoms with van der Waals surface area (Å²) in [6.07, 6.45) is 4.59. The van der Waals surface area contributed by atoms with Gasteiger partial charge in [0.05, 0.1) is 15.2 Å². The van der Waals surface area contributed by atoms with Gasteiger partial charge in [-0.25, -0.2) is 30.8 Å². The van der Waals surface area contributed by atoms with E-state index in [-0.39, 0.29) is 10.9 Å². The highest BCUT2D eigenvalue weighted by Gasteiger charge is 2.43. The summed E-state index contributed by atoms with van der Waals surface area (Å²) < 4.78 is 56.4. The van der Waals surface area contributed by atoms with Gasteiger partial charge in [-0.15, -0.1) is 0 Å². The maximum absolute atomic E-state index is 13.4. The predicted molar refractivity (Wildman–Crippen MR) is 145 cm³/mol. The van der Waals surface area contributed by atoms with Gasteiger partial charge in [0, 0.05) is 31.9 Å².